The zero-order chi connectivity index (χ0) is 16.1. The molecule has 0 radical (unpaired) electrons. The Balaban J connectivity index is 1.75. The maximum absolute atomic E-state index is 11.8. The lowest BCUT2D eigenvalue weighted by atomic mass is 10.2. The second kappa shape index (κ2) is 6.93. The maximum atomic E-state index is 11.8. The summed E-state index contributed by atoms with van der Waals surface area (Å²) in [7, 11) is 1.59. The van der Waals surface area contributed by atoms with Gasteiger partial charge in [-0.25, -0.2) is 9.78 Å². The number of hydrogen-bond acceptors (Lipinski definition) is 3. The minimum absolute atomic E-state index is 0.260. The van der Waals surface area contributed by atoms with Crippen molar-refractivity contribution in [1.82, 2.24) is 15.3 Å². The van der Waals surface area contributed by atoms with Crippen LogP contribution in [0.15, 0.2) is 48.5 Å². The molecule has 6 heteroatoms. The van der Waals surface area contributed by atoms with Gasteiger partial charge in [-0.05, 0) is 24.3 Å². The number of urea groups is 1. The molecule has 0 saturated carbocycles. The highest BCUT2D eigenvalue weighted by atomic mass is 16.5. The van der Waals surface area contributed by atoms with Crippen molar-refractivity contribution in [2.75, 3.05) is 25.6 Å². The summed E-state index contributed by atoms with van der Waals surface area (Å²) in [5, 5.41) is 5.51. The standard InChI is InChI=1S/C17H18N4O2/c1-23-10-9-18-17(22)19-13-6-4-5-12(11-13)16-20-14-7-2-3-8-15(14)21-16/h2-8,11H,9-10H2,1H3,(H,20,21)(H2,18,19,22). The molecule has 3 aromatic rings. The number of aromatic amines is 1. The van der Waals surface area contributed by atoms with Crippen molar-refractivity contribution in [2.45, 2.75) is 0 Å². The summed E-state index contributed by atoms with van der Waals surface area (Å²) in [6.07, 6.45) is 0. The topological polar surface area (TPSA) is 79.0 Å². The van der Waals surface area contributed by atoms with Gasteiger partial charge in [0, 0.05) is 24.9 Å². The summed E-state index contributed by atoms with van der Waals surface area (Å²) >= 11 is 0. The molecule has 2 amide bonds. The fourth-order valence-corrected chi connectivity index (χ4v) is 2.28. The first-order chi connectivity index (χ1) is 11.3. The molecule has 1 heterocycles. The molecule has 0 fully saturated rings. The van der Waals surface area contributed by atoms with Gasteiger partial charge < -0.3 is 20.4 Å². The van der Waals surface area contributed by atoms with E-state index in [-0.39, 0.29) is 6.03 Å². The van der Waals surface area contributed by atoms with Crippen LogP contribution < -0.4 is 10.6 Å². The number of nitrogens with zero attached hydrogens (tertiary/aromatic N) is 1. The molecule has 0 saturated heterocycles. The first-order valence-electron chi connectivity index (χ1n) is 7.35. The van der Waals surface area contributed by atoms with Crippen molar-refractivity contribution in [3.63, 3.8) is 0 Å². The largest absolute Gasteiger partial charge is 0.383 e. The van der Waals surface area contributed by atoms with Crippen molar-refractivity contribution in [1.29, 1.82) is 0 Å². The highest BCUT2D eigenvalue weighted by Gasteiger charge is 2.07. The third-order valence-corrected chi connectivity index (χ3v) is 3.37. The van der Waals surface area contributed by atoms with Crippen LogP contribution in [0.1, 0.15) is 0 Å². The monoisotopic (exact) mass is 310 g/mol. The zero-order valence-corrected chi connectivity index (χ0v) is 12.8. The Kier molecular flexibility index (Phi) is 4.54. The van der Waals surface area contributed by atoms with Crippen LogP contribution in [-0.2, 0) is 4.74 Å². The van der Waals surface area contributed by atoms with Gasteiger partial charge >= 0.3 is 6.03 Å². The van der Waals surface area contributed by atoms with Gasteiger partial charge in [-0.1, -0.05) is 24.3 Å². The van der Waals surface area contributed by atoms with E-state index in [1.165, 1.54) is 0 Å². The second-order valence-corrected chi connectivity index (χ2v) is 5.06. The van der Waals surface area contributed by atoms with Crippen molar-refractivity contribution in [3.8, 4) is 11.4 Å². The van der Waals surface area contributed by atoms with Gasteiger partial charge in [0.15, 0.2) is 0 Å². The molecule has 0 aliphatic heterocycles. The first kappa shape index (κ1) is 15.1. The Labute approximate surface area is 133 Å². The third kappa shape index (κ3) is 3.67. The lowest BCUT2D eigenvalue weighted by molar-refractivity contribution is 0.198. The zero-order valence-electron chi connectivity index (χ0n) is 12.8. The van der Waals surface area contributed by atoms with Crippen molar-refractivity contribution in [3.05, 3.63) is 48.5 Å². The molecule has 6 nitrogen and oxygen atoms in total. The molecule has 0 aliphatic rings. The smallest absolute Gasteiger partial charge is 0.319 e. The summed E-state index contributed by atoms with van der Waals surface area (Å²) in [6.45, 7) is 0.943. The molecule has 0 unspecified atom stereocenters. The molecule has 1 aromatic heterocycles. The van der Waals surface area contributed by atoms with Crippen molar-refractivity contribution < 1.29 is 9.53 Å². The van der Waals surface area contributed by atoms with Crippen LogP contribution in [0.3, 0.4) is 0 Å². The number of ether oxygens (including phenoxy) is 1. The molecule has 0 aliphatic carbocycles. The number of methoxy groups -OCH3 is 1. The number of anilines is 1. The highest BCUT2D eigenvalue weighted by molar-refractivity contribution is 5.90. The van der Waals surface area contributed by atoms with Gasteiger partial charge in [0.2, 0.25) is 0 Å². The number of H-pyrrole nitrogens is 1. The second-order valence-electron chi connectivity index (χ2n) is 5.06. The maximum Gasteiger partial charge on any atom is 0.319 e. The summed E-state index contributed by atoms with van der Waals surface area (Å²) in [5.74, 6) is 0.773. The molecule has 0 spiro atoms. The Morgan fingerprint density at radius 3 is 2.91 bits per heavy atom. The van der Waals surface area contributed by atoms with E-state index >= 15 is 0 Å². The minimum atomic E-state index is -0.260. The minimum Gasteiger partial charge on any atom is -0.383 e. The number of benzene rings is 2. The summed E-state index contributed by atoms with van der Waals surface area (Å²) in [6, 6.07) is 15.2. The van der Waals surface area contributed by atoms with E-state index in [2.05, 4.69) is 20.6 Å². The summed E-state index contributed by atoms with van der Waals surface area (Å²) in [5.41, 5.74) is 3.52. The predicted octanol–water partition coefficient (Wildman–Crippen LogP) is 3.00. The third-order valence-electron chi connectivity index (χ3n) is 3.37. The first-order valence-corrected chi connectivity index (χ1v) is 7.35. The summed E-state index contributed by atoms with van der Waals surface area (Å²) in [4.78, 5) is 19.6. The summed E-state index contributed by atoms with van der Waals surface area (Å²) < 4.78 is 4.89. The van der Waals surface area contributed by atoms with Gasteiger partial charge in [0.05, 0.1) is 17.6 Å². The number of hydrogen-bond donors (Lipinski definition) is 3. The average molecular weight is 310 g/mol. The van der Waals surface area contributed by atoms with Crippen LogP contribution in [0.25, 0.3) is 22.4 Å². The molecule has 0 atom stereocenters. The molecule has 0 bridgehead atoms. The van der Waals surface area contributed by atoms with Crippen LogP contribution >= 0.6 is 0 Å². The predicted molar refractivity (Wildman–Crippen MR) is 90.4 cm³/mol. The number of rotatable bonds is 5. The van der Waals surface area contributed by atoms with Gasteiger partial charge in [0.1, 0.15) is 5.82 Å². The van der Waals surface area contributed by atoms with Gasteiger partial charge in [-0.3, -0.25) is 0 Å². The Bertz CT molecular complexity index is 780. The van der Waals surface area contributed by atoms with E-state index < -0.39 is 0 Å². The fraction of sp³-hybridized carbons (Fsp3) is 0.176. The van der Waals surface area contributed by atoms with E-state index in [0.717, 1.165) is 22.4 Å². The number of nitrogens with one attached hydrogen (secondary N) is 3. The van der Waals surface area contributed by atoms with Gasteiger partial charge in [0.25, 0.3) is 0 Å². The van der Waals surface area contributed by atoms with Crippen LogP contribution in [0.5, 0.6) is 0 Å². The van der Waals surface area contributed by atoms with E-state index in [4.69, 9.17) is 4.74 Å². The van der Waals surface area contributed by atoms with Gasteiger partial charge in [-0.15, -0.1) is 0 Å². The number of carbonyl (C=O) groups is 1. The molecule has 118 valence electrons. The quantitative estimate of drug-likeness (QED) is 0.634. The van der Waals surface area contributed by atoms with Crippen molar-refractivity contribution in [2.24, 2.45) is 0 Å². The van der Waals surface area contributed by atoms with Crippen LogP contribution in [-0.4, -0.2) is 36.3 Å². The number of imidazole rings is 1. The van der Waals surface area contributed by atoms with Crippen LogP contribution in [0.2, 0.25) is 0 Å². The SMILES string of the molecule is COCCNC(=O)Nc1cccc(-c2nc3ccccc3[nH]2)c1. The van der Waals surface area contributed by atoms with E-state index in [1.807, 2.05) is 48.5 Å². The van der Waals surface area contributed by atoms with E-state index in [0.29, 0.717) is 18.8 Å². The number of aromatic nitrogens is 2. The molecule has 3 N–H and O–H groups in total. The van der Waals surface area contributed by atoms with Crippen molar-refractivity contribution >= 4 is 22.8 Å². The highest BCUT2D eigenvalue weighted by Crippen LogP contribution is 2.22. The normalized spacial score (nSPS) is 10.7. The molecular formula is C17H18N4O2. The fourth-order valence-electron chi connectivity index (χ4n) is 2.28. The van der Waals surface area contributed by atoms with E-state index in [9.17, 15) is 4.79 Å². The Morgan fingerprint density at radius 2 is 2.09 bits per heavy atom. The van der Waals surface area contributed by atoms with Gasteiger partial charge in [-0.2, -0.15) is 0 Å². The molecular weight excluding hydrogens is 292 g/mol. The van der Waals surface area contributed by atoms with Crippen LogP contribution in [0.4, 0.5) is 10.5 Å². The molecule has 23 heavy (non-hydrogen) atoms. The molecule has 3 rings (SSSR count). The number of para-hydroxylation sites is 2. The molecule has 2 aromatic carbocycles. The van der Waals surface area contributed by atoms with Crippen LogP contribution in [0, 0.1) is 0 Å². The number of fused-ring (bicyclic) bond motifs is 1. The Morgan fingerprint density at radius 1 is 1.22 bits per heavy atom. The number of carbonyl (C=O) groups excluding carboxylic acids is 1. The Hall–Kier alpha value is -2.86. The lowest BCUT2D eigenvalue weighted by Gasteiger charge is -2.08. The average Bonchev–Trinajstić information content (AvgIpc) is 2.99. The number of amides is 2. The lowest BCUT2D eigenvalue weighted by Crippen LogP contribution is -2.31. The van der Waals surface area contributed by atoms with E-state index in [1.54, 1.807) is 7.11 Å².